The normalized spacial score (nSPS) is 19.0. The first-order chi connectivity index (χ1) is 49.8. The standard InChI is InChI=1S/C71H138O35/c1-49(72)17-85-33-68(34-86-18-50(2)73,35-87-19-51(3)74)43-95-27-59(11)101-65(82)103-61(13)29-97-45-70(39-91-23-55(7)78,40-92-24-56(8)79)47-99-31-63(15)105-67(84)106-64(16)32-100-48-71(41-93-25-57(9)80,42-94-26-58(10)81)46-98-30-62(14)104-66(83)102-60(12)28-96-44-69(36-88-20-52(4)75,37-89-21-53(5)76)38-90-22-54(6)77/h49-64,72-81H,17-48H2,1-16H3. The minimum atomic E-state index is -1.11. The van der Waals surface area contributed by atoms with Gasteiger partial charge in [0.25, 0.3) is 0 Å². The molecule has 0 aromatic carbocycles. The van der Waals surface area contributed by atoms with Crippen LogP contribution in [-0.2, 0) is 104 Å². The zero-order valence-corrected chi connectivity index (χ0v) is 66.0. The van der Waals surface area contributed by atoms with Crippen molar-refractivity contribution in [2.45, 2.75) is 208 Å². The number of hydrogen-bond acceptors (Lipinski definition) is 35. The van der Waals surface area contributed by atoms with Gasteiger partial charge < -0.3 is 155 Å². The van der Waals surface area contributed by atoms with Crippen molar-refractivity contribution in [3.8, 4) is 0 Å². The molecule has 0 bridgehead atoms. The van der Waals surface area contributed by atoms with E-state index in [-0.39, 0.29) is 211 Å². The summed E-state index contributed by atoms with van der Waals surface area (Å²) in [6, 6.07) is 0. The third kappa shape index (κ3) is 56.9. The fourth-order valence-electron chi connectivity index (χ4n) is 9.38. The first-order valence-electron chi connectivity index (χ1n) is 36.5. The molecule has 0 rings (SSSR count). The molecule has 632 valence electrons. The van der Waals surface area contributed by atoms with E-state index in [4.69, 9.17) is 104 Å². The molecule has 16 atom stereocenters. The third-order valence-corrected chi connectivity index (χ3v) is 14.0. The number of ether oxygens (including phenoxy) is 22. The lowest BCUT2D eigenvalue weighted by Gasteiger charge is -2.34. The van der Waals surface area contributed by atoms with Crippen LogP contribution < -0.4 is 0 Å². The Morgan fingerprint density at radius 1 is 0.179 bits per heavy atom. The van der Waals surface area contributed by atoms with Crippen molar-refractivity contribution in [1.82, 2.24) is 0 Å². The van der Waals surface area contributed by atoms with Crippen molar-refractivity contribution >= 4 is 18.5 Å². The zero-order chi connectivity index (χ0) is 80.2. The predicted molar refractivity (Wildman–Crippen MR) is 379 cm³/mol. The number of aliphatic hydroxyl groups excluding tert-OH is 10. The molecular formula is C71H138O35. The summed E-state index contributed by atoms with van der Waals surface area (Å²) in [5, 5.41) is 99.3. The van der Waals surface area contributed by atoms with Gasteiger partial charge in [0.05, 0.1) is 294 Å². The number of aliphatic hydroxyl groups is 10. The van der Waals surface area contributed by atoms with Crippen LogP contribution in [0.1, 0.15) is 111 Å². The van der Waals surface area contributed by atoms with E-state index in [2.05, 4.69) is 0 Å². The van der Waals surface area contributed by atoms with Crippen LogP contribution in [0, 0.1) is 21.7 Å². The Bertz CT molecular complexity index is 1880. The molecule has 16 unspecified atom stereocenters. The molecule has 35 heteroatoms. The Kier molecular flexibility index (Phi) is 57.7. The summed E-state index contributed by atoms with van der Waals surface area (Å²) in [5.41, 5.74) is -4.10. The largest absolute Gasteiger partial charge is 0.508 e. The molecule has 0 spiro atoms. The Balaban J connectivity index is 5.94. The van der Waals surface area contributed by atoms with Crippen LogP contribution in [-0.4, -0.2) is 379 Å². The highest BCUT2D eigenvalue weighted by molar-refractivity contribution is 5.61. The molecule has 0 aliphatic carbocycles. The monoisotopic (exact) mass is 1550 g/mol. The molecule has 35 nitrogen and oxygen atoms in total. The van der Waals surface area contributed by atoms with Gasteiger partial charge in [-0.3, -0.25) is 0 Å². The van der Waals surface area contributed by atoms with E-state index in [9.17, 15) is 65.4 Å². The van der Waals surface area contributed by atoms with Crippen LogP contribution in [0.2, 0.25) is 0 Å². The van der Waals surface area contributed by atoms with Gasteiger partial charge >= 0.3 is 18.5 Å². The lowest BCUT2D eigenvalue weighted by atomic mass is 9.92. The maximum atomic E-state index is 13.2. The Morgan fingerprint density at radius 3 is 0.349 bits per heavy atom. The number of hydrogen-bond donors (Lipinski definition) is 10. The first kappa shape index (κ1) is 103. The quantitative estimate of drug-likeness (QED) is 0.0306. The van der Waals surface area contributed by atoms with Gasteiger partial charge in [-0.25, -0.2) is 14.4 Å². The van der Waals surface area contributed by atoms with Gasteiger partial charge in [-0.15, -0.1) is 0 Å². The molecule has 10 N–H and O–H groups in total. The van der Waals surface area contributed by atoms with Gasteiger partial charge in [0.15, 0.2) is 0 Å². The molecule has 0 aromatic heterocycles. The number of carbonyl (C=O) groups excluding carboxylic acids is 3. The second kappa shape index (κ2) is 59.5. The van der Waals surface area contributed by atoms with Crippen LogP contribution in [0.5, 0.6) is 0 Å². The summed E-state index contributed by atoms with van der Waals surface area (Å²) < 4.78 is 127. The summed E-state index contributed by atoms with van der Waals surface area (Å²) in [7, 11) is 0. The third-order valence-electron chi connectivity index (χ3n) is 14.0. The average Bonchev–Trinajstić information content (AvgIpc) is 0.881. The molecule has 106 heavy (non-hydrogen) atoms. The zero-order valence-electron chi connectivity index (χ0n) is 66.0. The molecular weight excluding hydrogens is 1410 g/mol. The van der Waals surface area contributed by atoms with E-state index in [0.29, 0.717) is 0 Å². The van der Waals surface area contributed by atoms with Gasteiger partial charge in [0.2, 0.25) is 0 Å². The van der Waals surface area contributed by atoms with E-state index < -0.39 is 138 Å². The Labute approximate surface area is 627 Å². The smallest absolute Gasteiger partial charge is 0.429 e. The topological polar surface area (TPSA) is 457 Å². The van der Waals surface area contributed by atoms with Crippen LogP contribution in [0.3, 0.4) is 0 Å². The second-order valence-electron chi connectivity index (χ2n) is 29.1. The van der Waals surface area contributed by atoms with Gasteiger partial charge in [0, 0.05) is 0 Å². The highest BCUT2D eigenvalue weighted by Crippen LogP contribution is 2.27. The van der Waals surface area contributed by atoms with Crippen molar-refractivity contribution in [1.29, 1.82) is 0 Å². The summed E-state index contributed by atoms with van der Waals surface area (Å²) in [5.74, 6) is 0. The summed E-state index contributed by atoms with van der Waals surface area (Å²) in [4.78, 5) is 39.2. The van der Waals surface area contributed by atoms with Crippen LogP contribution in [0.25, 0.3) is 0 Å². The highest BCUT2D eigenvalue weighted by atomic mass is 16.8. The van der Waals surface area contributed by atoms with Crippen LogP contribution in [0.15, 0.2) is 0 Å². The molecule has 0 aliphatic rings. The van der Waals surface area contributed by atoms with Gasteiger partial charge in [0.1, 0.15) is 36.6 Å². The van der Waals surface area contributed by atoms with Gasteiger partial charge in [-0.1, -0.05) is 0 Å². The number of rotatable bonds is 70. The predicted octanol–water partition coefficient (Wildman–Crippen LogP) is 1.80. The summed E-state index contributed by atoms with van der Waals surface area (Å²) in [6.45, 7) is 23.5. The average molecular weight is 1550 g/mol. The summed E-state index contributed by atoms with van der Waals surface area (Å²) in [6.07, 6.45) is -16.1. The molecule has 0 aliphatic heterocycles. The first-order valence-corrected chi connectivity index (χ1v) is 36.5. The van der Waals surface area contributed by atoms with Gasteiger partial charge in [-0.2, -0.15) is 0 Å². The Hall–Kier alpha value is -3.23. The maximum absolute atomic E-state index is 13.2. The second-order valence-corrected chi connectivity index (χ2v) is 29.1. The lowest BCUT2D eigenvalue weighted by molar-refractivity contribution is -0.136. The maximum Gasteiger partial charge on any atom is 0.508 e. The molecule has 0 saturated heterocycles. The fourth-order valence-corrected chi connectivity index (χ4v) is 9.38. The summed E-state index contributed by atoms with van der Waals surface area (Å²) >= 11 is 0. The number of carbonyl (C=O) groups is 3. The van der Waals surface area contributed by atoms with Crippen LogP contribution in [0.4, 0.5) is 14.4 Å². The van der Waals surface area contributed by atoms with E-state index in [0.717, 1.165) is 0 Å². The van der Waals surface area contributed by atoms with Gasteiger partial charge in [-0.05, 0) is 111 Å². The van der Waals surface area contributed by atoms with E-state index in [1.807, 2.05) is 0 Å². The molecule has 0 amide bonds. The molecule has 0 heterocycles. The van der Waals surface area contributed by atoms with Crippen molar-refractivity contribution in [3.63, 3.8) is 0 Å². The van der Waals surface area contributed by atoms with Crippen molar-refractivity contribution in [2.75, 3.05) is 211 Å². The molecule has 0 fully saturated rings. The van der Waals surface area contributed by atoms with Crippen molar-refractivity contribution in [3.05, 3.63) is 0 Å². The van der Waals surface area contributed by atoms with Crippen molar-refractivity contribution < 1.29 is 170 Å². The lowest BCUT2D eigenvalue weighted by Crippen LogP contribution is -2.44. The van der Waals surface area contributed by atoms with E-state index >= 15 is 0 Å². The highest BCUT2D eigenvalue weighted by Gasteiger charge is 2.38. The fraction of sp³-hybridized carbons (Fsp3) is 0.958. The molecule has 0 saturated carbocycles. The van der Waals surface area contributed by atoms with Crippen molar-refractivity contribution in [2.24, 2.45) is 21.7 Å². The molecule has 0 aromatic rings. The molecule has 0 radical (unpaired) electrons. The van der Waals surface area contributed by atoms with E-state index in [1.165, 1.54) is 0 Å². The Morgan fingerprint density at radius 2 is 0.264 bits per heavy atom. The minimum absolute atomic E-state index is 0.0147. The van der Waals surface area contributed by atoms with Crippen LogP contribution >= 0.6 is 0 Å². The minimum Gasteiger partial charge on any atom is -0.429 e. The van der Waals surface area contributed by atoms with E-state index in [1.54, 1.807) is 111 Å². The SMILES string of the molecule is CC(O)COCC(COCC(C)O)(COCC(C)O)COCC(C)OC(=O)OC(C)COCC(COCC(C)O)(COCC(C)O)COCC(C)OC(=O)OC(C)COCC(COCC(C)O)(COCC(C)O)COCC(C)OC(=O)OC(C)COCC(COCC(C)O)(COCC(C)O)COCC(C)O.